The molecule has 2 N–H and O–H groups in total. The number of nitrogens with zero attached hydrogens (tertiary/aromatic N) is 2. The average molecular weight is 483 g/mol. The van der Waals surface area contributed by atoms with Crippen molar-refractivity contribution in [1.82, 2.24) is 10.2 Å². The standard InChI is InChI=1S/C19H19ClN4O3S3/c1-3-10-28-19-23-22-18(29-19)21-17(25)13-6-9-15(20)16(11-13)30(26,27)24-14-7-4-12(2)5-8-14/h4-9,11,24H,3,10H2,1-2H3,(H,21,22,25). The van der Waals surface area contributed by atoms with Gasteiger partial charge in [-0.2, -0.15) is 0 Å². The van der Waals surface area contributed by atoms with Gasteiger partial charge in [0.15, 0.2) is 4.34 Å². The minimum Gasteiger partial charge on any atom is -0.296 e. The maximum absolute atomic E-state index is 12.8. The molecule has 0 aliphatic heterocycles. The maximum Gasteiger partial charge on any atom is 0.263 e. The van der Waals surface area contributed by atoms with Gasteiger partial charge in [-0.15, -0.1) is 10.2 Å². The van der Waals surface area contributed by atoms with Gasteiger partial charge in [0.1, 0.15) is 4.90 Å². The third kappa shape index (κ3) is 5.72. The first-order valence-electron chi connectivity index (χ1n) is 8.95. The zero-order valence-corrected chi connectivity index (χ0v) is 19.4. The Morgan fingerprint density at radius 1 is 1.17 bits per heavy atom. The minimum atomic E-state index is -3.98. The minimum absolute atomic E-state index is 0.0142. The summed E-state index contributed by atoms with van der Waals surface area (Å²) in [6.45, 7) is 3.97. The van der Waals surface area contributed by atoms with E-state index in [1.54, 1.807) is 36.0 Å². The summed E-state index contributed by atoms with van der Waals surface area (Å²) in [6.07, 6.45) is 1.00. The number of amides is 1. The lowest BCUT2D eigenvalue weighted by Crippen LogP contribution is -2.16. The third-order valence-corrected chi connectivity index (χ3v) is 7.88. The van der Waals surface area contributed by atoms with Gasteiger partial charge in [-0.25, -0.2) is 8.42 Å². The Hall–Kier alpha value is -2.14. The Balaban J connectivity index is 1.79. The van der Waals surface area contributed by atoms with Crippen LogP contribution in [0.25, 0.3) is 0 Å². The van der Waals surface area contributed by atoms with E-state index in [2.05, 4.69) is 27.2 Å². The van der Waals surface area contributed by atoms with Crippen molar-refractivity contribution < 1.29 is 13.2 Å². The van der Waals surface area contributed by atoms with Crippen molar-refractivity contribution in [2.24, 2.45) is 0 Å². The molecule has 3 aromatic rings. The second kappa shape index (κ2) is 9.78. The van der Waals surface area contributed by atoms with E-state index in [0.29, 0.717) is 10.8 Å². The molecule has 1 heterocycles. The highest BCUT2D eigenvalue weighted by Crippen LogP contribution is 2.28. The second-order valence-electron chi connectivity index (χ2n) is 6.29. The number of thioether (sulfide) groups is 1. The number of nitrogens with one attached hydrogen (secondary N) is 2. The Morgan fingerprint density at radius 2 is 1.90 bits per heavy atom. The topological polar surface area (TPSA) is 101 Å². The van der Waals surface area contributed by atoms with Gasteiger partial charge >= 0.3 is 0 Å². The van der Waals surface area contributed by atoms with Crippen molar-refractivity contribution >= 4 is 61.4 Å². The molecule has 7 nitrogen and oxygen atoms in total. The number of carbonyl (C=O) groups is 1. The van der Waals surface area contributed by atoms with Crippen LogP contribution in [0.15, 0.2) is 51.7 Å². The van der Waals surface area contributed by atoms with Gasteiger partial charge in [-0.1, -0.05) is 59.3 Å². The summed E-state index contributed by atoms with van der Waals surface area (Å²) < 4.78 is 28.8. The van der Waals surface area contributed by atoms with Crippen LogP contribution in [-0.4, -0.2) is 30.3 Å². The van der Waals surface area contributed by atoms with Gasteiger partial charge in [-0.3, -0.25) is 14.8 Å². The highest BCUT2D eigenvalue weighted by atomic mass is 35.5. The van der Waals surface area contributed by atoms with E-state index in [1.165, 1.54) is 29.5 Å². The Morgan fingerprint density at radius 3 is 2.60 bits per heavy atom. The summed E-state index contributed by atoms with van der Waals surface area (Å²) in [6, 6.07) is 11.0. The molecule has 0 bridgehead atoms. The smallest absolute Gasteiger partial charge is 0.263 e. The second-order valence-corrected chi connectivity index (χ2v) is 10.7. The molecule has 0 unspecified atom stereocenters. The number of aromatic nitrogens is 2. The molecule has 3 rings (SSSR count). The summed E-state index contributed by atoms with van der Waals surface area (Å²) in [5.74, 6) is 0.413. The molecular formula is C19H19ClN4O3S3. The van der Waals surface area contributed by atoms with Crippen LogP contribution in [0.4, 0.5) is 10.8 Å². The lowest BCUT2D eigenvalue weighted by atomic mass is 10.2. The molecule has 158 valence electrons. The van der Waals surface area contributed by atoms with Gasteiger partial charge in [0.05, 0.1) is 5.02 Å². The van der Waals surface area contributed by atoms with Gasteiger partial charge in [0.2, 0.25) is 5.13 Å². The molecule has 2 aromatic carbocycles. The largest absolute Gasteiger partial charge is 0.296 e. The van der Waals surface area contributed by atoms with Gasteiger partial charge < -0.3 is 0 Å². The van der Waals surface area contributed by atoms with Gasteiger partial charge in [0.25, 0.3) is 15.9 Å². The first-order chi connectivity index (χ1) is 14.3. The molecule has 0 aliphatic rings. The van der Waals surface area contributed by atoms with Crippen LogP contribution in [0.1, 0.15) is 29.3 Å². The molecule has 1 amide bonds. The fraction of sp³-hybridized carbons (Fsp3) is 0.211. The fourth-order valence-electron chi connectivity index (χ4n) is 2.36. The zero-order valence-electron chi connectivity index (χ0n) is 16.2. The molecule has 0 radical (unpaired) electrons. The number of aryl methyl sites for hydroxylation is 1. The molecule has 0 aliphatic carbocycles. The van der Waals surface area contributed by atoms with Crippen LogP contribution < -0.4 is 10.0 Å². The Labute approximate surface area is 188 Å². The van der Waals surface area contributed by atoms with Crippen molar-refractivity contribution in [2.45, 2.75) is 29.5 Å². The van der Waals surface area contributed by atoms with E-state index >= 15 is 0 Å². The van der Waals surface area contributed by atoms with E-state index in [0.717, 1.165) is 22.1 Å². The monoisotopic (exact) mass is 482 g/mol. The number of sulfonamides is 1. The van der Waals surface area contributed by atoms with Crippen molar-refractivity contribution in [3.8, 4) is 0 Å². The van der Waals surface area contributed by atoms with Crippen molar-refractivity contribution in [3.05, 3.63) is 58.6 Å². The molecule has 11 heteroatoms. The van der Waals surface area contributed by atoms with Crippen LogP contribution in [0.3, 0.4) is 0 Å². The van der Waals surface area contributed by atoms with Gasteiger partial charge in [-0.05, 0) is 43.7 Å². The van der Waals surface area contributed by atoms with Crippen LogP contribution in [-0.2, 0) is 10.0 Å². The van der Waals surface area contributed by atoms with Gasteiger partial charge in [0, 0.05) is 17.0 Å². The van der Waals surface area contributed by atoms with E-state index in [4.69, 9.17) is 11.6 Å². The fourth-order valence-corrected chi connectivity index (χ4v) is 5.62. The quantitative estimate of drug-likeness (QED) is 0.344. The molecule has 0 saturated carbocycles. The van der Waals surface area contributed by atoms with Crippen molar-refractivity contribution in [2.75, 3.05) is 15.8 Å². The lowest BCUT2D eigenvalue weighted by Gasteiger charge is -2.11. The first-order valence-corrected chi connectivity index (χ1v) is 12.6. The SMILES string of the molecule is CCCSc1nnc(NC(=O)c2ccc(Cl)c(S(=O)(=O)Nc3ccc(C)cc3)c2)s1. The Kier molecular flexibility index (Phi) is 7.35. The number of hydrogen-bond acceptors (Lipinski definition) is 7. The van der Waals surface area contributed by atoms with E-state index in [9.17, 15) is 13.2 Å². The number of carbonyl (C=O) groups excluding carboxylic acids is 1. The molecule has 0 saturated heterocycles. The predicted octanol–water partition coefficient (Wildman–Crippen LogP) is 5.06. The highest BCUT2D eigenvalue weighted by molar-refractivity contribution is 8.01. The first kappa shape index (κ1) is 22.5. The molecule has 1 aromatic heterocycles. The normalized spacial score (nSPS) is 11.3. The highest BCUT2D eigenvalue weighted by Gasteiger charge is 2.21. The summed E-state index contributed by atoms with van der Waals surface area (Å²) in [5, 5.41) is 11.0. The van der Waals surface area contributed by atoms with Crippen LogP contribution >= 0.6 is 34.7 Å². The number of halogens is 1. The lowest BCUT2D eigenvalue weighted by molar-refractivity contribution is 0.102. The predicted molar refractivity (Wildman–Crippen MR) is 122 cm³/mol. The van der Waals surface area contributed by atoms with Crippen LogP contribution in [0, 0.1) is 6.92 Å². The third-order valence-electron chi connectivity index (χ3n) is 3.84. The number of rotatable bonds is 8. The van der Waals surface area contributed by atoms with E-state index in [-0.39, 0.29) is 15.5 Å². The average Bonchev–Trinajstić information content (AvgIpc) is 3.15. The van der Waals surface area contributed by atoms with Crippen LogP contribution in [0.5, 0.6) is 0 Å². The molecule has 0 fully saturated rings. The maximum atomic E-state index is 12.8. The molecular weight excluding hydrogens is 464 g/mol. The van der Waals surface area contributed by atoms with Crippen LogP contribution in [0.2, 0.25) is 5.02 Å². The zero-order chi connectivity index (χ0) is 21.7. The number of benzene rings is 2. The summed E-state index contributed by atoms with van der Waals surface area (Å²) in [4.78, 5) is 12.4. The number of anilines is 2. The summed E-state index contributed by atoms with van der Waals surface area (Å²) >= 11 is 8.94. The van der Waals surface area contributed by atoms with E-state index in [1.807, 2.05) is 6.92 Å². The van der Waals surface area contributed by atoms with Crippen molar-refractivity contribution in [3.63, 3.8) is 0 Å². The molecule has 30 heavy (non-hydrogen) atoms. The van der Waals surface area contributed by atoms with Crippen molar-refractivity contribution in [1.29, 1.82) is 0 Å². The summed E-state index contributed by atoms with van der Waals surface area (Å²) in [5.41, 5.74) is 1.54. The molecule has 0 atom stereocenters. The Bertz CT molecular complexity index is 1150. The molecule has 0 spiro atoms. The van der Waals surface area contributed by atoms with E-state index < -0.39 is 15.9 Å². The summed E-state index contributed by atoms with van der Waals surface area (Å²) in [7, 11) is -3.98. The number of hydrogen-bond donors (Lipinski definition) is 2.